The predicted molar refractivity (Wildman–Crippen MR) is 52.8 cm³/mol. The maximum Gasteiger partial charge on any atom is 0.149 e. The summed E-state index contributed by atoms with van der Waals surface area (Å²) in [4.78, 5) is 0. The van der Waals surface area contributed by atoms with Crippen LogP contribution in [-0.2, 0) is 0 Å². The third-order valence-corrected chi connectivity index (χ3v) is 1.50. The van der Waals surface area contributed by atoms with Crippen molar-refractivity contribution in [2.45, 2.75) is 31.3 Å². The molecule has 0 rings (SSSR count). The van der Waals surface area contributed by atoms with Gasteiger partial charge < -0.3 is 22.3 Å². The molecule has 7 heteroatoms. The maximum atomic E-state index is 7.57. The second kappa shape index (κ2) is 5.45. The van der Waals surface area contributed by atoms with Crippen LogP contribution in [0.4, 0.5) is 0 Å². The molecule has 0 spiro atoms. The molecule has 0 fully saturated rings. The lowest BCUT2D eigenvalue weighted by Gasteiger charge is -2.39. The van der Waals surface area contributed by atoms with E-state index in [1.165, 1.54) is 0 Å². The van der Waals surface area contributed by atoms with E-state index in [4.69, 9.17) is 39.5 Å². The topological polar surface area (TPSA) is 176 Å². The number of rotatable bonds is 2. The molecule has 0 amide bonds. The van der Waals surface area contributed by atoms with Crippen LogP contribution in [0.1, 0.15) is 13.8 Å². The van der Waals surface area contributed by atoms with Gasteiger partial charge in [-0.05, 0) is 13.8 Å². The van der Waals surface area contributed by atoms with Gasteiger partial charge in [-0.2, -0.15) is 0 Å². The molecule has 1 unspecified atom stereocenters. The molecule has 0 aliphatic heterocycles. The molecule has 0 aliphatic rings. The van der Waals surface area contributed by atoms with Gasteiger partial charge in [0.2, 0.25) is 0 Å². The lowest BCUT2D eigenvalue weighted by molar-refractivity contribution is 0.205. The second-order valence-electron chi connectivity index (χ2n) is 2.97. The van der Waals surface area contributed by atoms with Crippen LogP contribution < -0.4 is 34.4 Å². The van der Waals surface area contributed by atoms with Crippen LogP contribution in [0, 0.1) is 0 Å². The summed E-state index contributed by atoms with van der Waals surface area (Å²) in [5.41, 5.74) is 30.5. The summed E-state index contributed by atoms with van der Waals surface area (Å²) < 4.78 is 0. The van der Waals surface area contributed by atoms with Gasteiger partial charge in [0.05, 0.1) is 0 Å². The van der Waals surface area contributed by atoms with Gasteiger partial charge in [-0.3, -0.25) is 17.2 Å². The molecule has 0 aromatic heterocycles. The fraction of sp³-hybridized carbons (Fsp3) is 1.00. The van der Waals surface area contributed by atoms with Crippen LogP contribution >= 0.6 is 0 Å². The SMILES string of the molecule is CC(N)C(N)(N)C(N)(N)N.CCO. The standard InChI is InChI=1S/C4H16N6.C2H6O/c1-2(5)3(6,7)4(8,9)10;1-2-3/h2H,5-10H2,1H3;3H,2H2,1H3. The Morgan fingerprint density at radius 3 is 1.38 bits per heavy atom. The van der Waals surface area contributed by atoms with E-state index in [1.54, 1.807) is 13.8 Å². The van der Waals surface area contributed by atoms with Gasteiger partial charge in [-0.1, -0.05) is 0 Å². The quantitative estimate of drug-likeness (QED) is 0.223. The highest BCUT2D eigenvalue weighted by atomic mass is 16.2. The Hall–Kier alpha value is -0.280. The Morgan fingerprint density at radius 2 is 1.38 bits per heavy atom. The van der Waals surface area contributed by atoms with E-state index < -0.39 is 17.5 Å². The van der Waals surface area contributed by atoms with Crippen LogP contribution in [0.25, 0.3) is 0 Å². The summed E-state index contributed by atoms with van der Waals surface area (Å²) in [5.74, 6) is -1.65. The van der Waals surface area contributed by atoms with Crippen molar-refractivity contribution in [1.82, 2.24) is 0 Å². The average Bonchev–Trinajstić information content (AvgIpc) is 1.86. The van der Waals surface area contributed by atoms with Crippen molar-refractivity contribution in [2.24, 2.45) is 34.4 Å². The van der Waals surface area contributed by atoms with Crippen LogP contribution in [0.2, 0.25) is 0 Å². The van der Waals surface area contributed by atoms with Gasteiger partial charge in [0.25, 0.3) is 0 Å². The van der Waals surface area contributed by atoms with E-state index in [0.29, 0.717) is 0 Å². The zero-order chi connectivity index (χ0) is 11.3. The zero-order valence-corrected chi connectivity index (χ0v) is 8.20. The van der Waals surface area contributed by atoms with Crippen LogP contribution in [0.5, 0.6) is 0 Å². The van der Waals surface area contributed by atoms with Gasteiger partial charge in [-0.25, -0.2) is 0 Å². The van der Waals surface area contributed by atoms with E-state index in [2.05, 4.69) is 0 Å². The minimum atomic E-state index is -1.65. The summed E-state index contributed by atoms with van der Waals surface area (Å²) in [7, 11) is 0. The first-order chi connectivity index (χ1) is 5.61. The van der Waals surface area contributed by atoms with Crippen LogP contribution in [0.3, 0.4) is 0 Å². The summed E-state index contributed by atoms with van der Waals surface area (Å²) in [5, 5.41) is 7.57. The molecule has 7 nitrogen and oxygen atoms in total. The molecule has 0 saturated carbocycles. The summed E-state index contributed by atoms with van der Waals surface area (Å²) >= 11 is 0. The Balaban J connectivity index is 0. The average molecular weight is 194 g/mol. The number of hydrogen-bond acceptors (Lipinski definition) is 7. The van der Waals surface area contributed by atoms with E-state index in [-0.39, 0.29) is 6.61 Å². The van der Waals surface area contributed by atoms with Gasteiger partial charge in [-0.15, -0.1) is 0 Å². The van der Waals surface area contributed by atoms with Gasteiger partial charge in [0.1, 0.15) is 11.4 Å². The van der Waals surface area contributed by atoms with Crippen molar-refractivity contribution >= 4 is 0 Å². The summed E-state index contributed by atoms with van der Waals surface area (Å²) in [6.45, 7) is 3.52. The summed E-state index contributed by atoms with van der Waals surface area (Å²) in [6.07, 6.45) is 0. The van der Waals surface area contributed by atoms with Crippen molar-refractivity contribution in [3.63, 3.8) is 0 Å². The van der Waals surface area contributed by atoms with Crippen molar-refractivity contribution in [3.8, 4) is 0 Å². The first-order valence-corrected chi connectivity index (χ1v) is 3.92. The first kappa shape index (κ1) is 15.2. The third-order valence-electron chi connectivity index (χ3n) is 1.50. The highest BCUT2D eigenvalue weighted by Crippen LogP contribution is 2.02. The number of hydrogen-bond donors (Lipinski definition) is 7. The second-order valence-corrected chi connectivity index (χ2v) is 2.97. The Bertz CT molecular complexity index is 130. The number of aliphatic hydroxyl groups is 1. The highest BCUT2D eigenvalue weighted by molar-refractivity contribution is 5.00. The Kier molecular flexibility index (Phi) is 6.37. The van der Waals surface area contributed by atoms with E-state index in [0.717, 1.165) is 0 Å². The van der Waals surface area contributed by atoms with E-state index in [9.17, 15) is 0 Å². The molecule has 82 valence electrons. The molecular weight excluding hydrogens is 172 g/mol. The molecule has 0 saturated heterocycles. The van der Waals surface area contributed by atoms with Crippen molar-refractivity contribution in [2.75, 3.05) is 6.61 Å². The smallest absolute Gasteiger partial charge is 0.149 e. The van der Waals surface area contributed by atoms with Crippen molar-refractivity contribution in [1.29, 1.82) is 0 Å². The van der Waals surface area contributed by atoms with Crippen LogP contribution in [0.15, 0.2) is 0 Å². The Morgan fingerprint density at radius 1 is 1.15 bits per heavy atom. The molecule has 0 aromatic rings. The zero-order valence-electron chi connectivity index (χ0n) is 8.20. The van der Waals surface area contributed by atoms with Crippen LogP contribution in [-0.4, -0.2) is 29.2 Å². The van der Waals surface area contributed by atoms with Gasteiger partial charge in [0.15, 0.2) is 0 Å². The molecule has 1 atom stereocenters. The number of nitrogens with two attached hydrogens (primary N) is 6. The molecule has 0 aromatic carbocycles. The summed E-state index contributed by atoms with van der Waals surface area (Å²) in [6, 6.07) is -0.563. The molecule has 13 heavy (non-hydrogen) atoms. The first-order valence-electron chi connectivity index (χ1n) is 3.92. The van der Waals surface area contributed by atoms with Gasteiger partial charge >= 0.3 is 0 Å². The lowest BCUT2D eigenvalue weighted by atomic mass is 9.97. The highest BCUT2D eigenvalue weighted by Gasteiger charge is 2.39. The molecule has 0 aliphatic carbocycles. The molecule has 0 bridgehead atoms. The van der Waals surface area contributed by atoms with Crippen molar-refractivity contribution in [3.05, 3.63) is 0 Å². The normalized spacial score (nSPS) is 14.5. The number of aliphatic hydroxyl groups excluding tert-OH is 1. The largest absolute Gasteiger partial charge is 0.397 e. The molecular formula is C6H22N6O. The Labute approximate surface area is 78.4 Å². The minimum Gasteiger partial charge on any atom is -0.397 e. The lowest BCUT2D eigenvalue weighted by Crippen LogP contribution is -2.85. The molecule has 0 radical (unpaired) electrons. The predicted octanol–water partition coefficient (Wildman–Crippen LogP) is -3.52. The third kappa shape index (κ3) is 5.11. The monoisotopic (exact) mass is 194 g/mol. The fourth-order valence-corrected chi connectivity index (χ4v) is 0.394. The van der Waals surface area contributed by atoms with Crippen molar-refractivity contribution < 1.29 is 5.11 Å². The minimum absolute atomic E-state index is 0.250. The van der Waals surface area contributed by atoms with Gasteiger partial charge in [0, 0.05) is 12.6 Å². The molecule has 0 heterocycles. The molecule has 13 N–H and O–H groups in total. The maximum absolute atomic E-state index is 7.57. The van der Waals surface area contributed by atoms with E-state index in [1.807, 2.05) is 0 Å². The fourth-order valence-electron chi connectivity index (χ4n) is 0.394. The van der Waals surface area contributed by atoms with E-state index >= 15 is 0 Å².